The molecule has 3 amide bonds. The van der Waals surface area contributed by atoms with Crippen LogP contribution in [0.3, 0.4) is 0 Å². The number of carbonyl (C=O) groups is 3. The molecule has 1 unspecified atom stereocenters. The Labute approximate surface area is 159 Å². The highest BCUT2D eigenvalue weighted by Crippen LogP contribution is 2.33. The van der Waals surface area contributed by atoms with Gasteiger partial charge < -0.3 is 10.2 Å². The van der Waals surface area contributed by atoms with Crippen molar-refractivity contribution < 1.29 is 14.4 Å². The number of nitrogens with one attached hydrogen (secondary N) is 2. The van der Waals surface area contributed by atoms with E-state index in [-0.39, 0.29) is 24.1 Å². The van der Waals surface area contributed by atoms with Crippen LogP contribution < -0.4 is 10.6 Å². The Balaban J connectivity index is 1.47. The van der Waals surface area contributed by atoms with E-state index in [9.17, 15) is 14.4 Å². The summed E-state index contributed by atoms with van der Waals surface area (Å²) < 4.78 is 0. The van der Waals surface area contributed by atoms with E-state index in [1.807, 2.05) is 18.2 Å². The van der Waals surface area contributed by atoms with Gasteiger partial charge in [-0.25, -0.2) is 0 Å². The molecule has 27 heavy (non-hydrogen) atoms. The predicted octanol–water partition coefficient (Wildman–Crippen LogP) is 2.83. The Morgan fingerprint density at radius 2 is 1.81 bits per heavy atom. The highest BCUT2D eigenvalue weighted by atomic mass is 16.2. The molecule has 0 aromatic heterocycles. The van der Waals surface area contributed by atoms with Crippen LogP contribution in [0.25, 0.3) is 0 Å². The second-order valence-corrected chi connectivity index (χ2v) is 7.97. The van der Waals surface area contributed by atoms with Gasteiger partial charge in [-0.05, 0) is 37.3 Å². The van der Waals surface area contributed by atoms with Gasteiger partial charge in [0.25, 0.3) is 5.91 Å². The normalized spacial score (nSPS) is 23.8. The Morgan fingerprint density at radius 3 is 2.56 bits per heavy atom. The van der Waals surface area contributed by atoms with Gasteiger partial charge >= 0.3 is 0 Å². The largest absolute Gasteiger partial charge is 0.384 e. The number of imide groups is 1. The van der Waals surface area contributed by atoms with Crippen molar-refractivity contribution in [3.63, 3.8) is 0 Å². The van der Waals surface area contributed by atoms with Crippen molar-refractivity contribution in [2.24, 2.45) is 5.92 Å². The van der Waals surface area contributed by atoms with Crippen molar-refractivity contribution in [1.82, 2.24) is 10.2 Å². The Hall–Kier alpha value is -2.37. The molecule has 3 aliphatic rings. The molecule has 2 N–H and O–H groups in total. The lowest BCUT2D eigenvalue weighted by molar-refractivity contribution is -0.136. The number of amides is 3. The molecular formula is C21H27N3O3. The minimum absolute atomic E-state index is 0.113. The van der Waals surface area contributed by atoms with E-state index in [2.05, 4.69) is 10.6 Å². The smallest absolute Gasteiger partial charge is 0.255 e. The van der Waals surface area contributed by atoms with E-state index >= 15 is 0 Å². The third kappa shape index (κ3) is 3.70. The summed E-state index contributed by atoms with van der Waals surface area (Å²) in [7, 11) is 0. The Bertz CT molecular complexity index is 753. The number of fused-ring (bicyclic) bond motifs is 1. The van der Waals surface area contributed by atoms with Crippen LogP contribution in [0.15, 0.2) is 18.2 Å². The molecule has 1 atom stereocenters. The fraction of sp³-hybridized carbons (Fsp3) is 0.571. The lowest BCUT2D eigenvalue weighted by atomic mass is 10.00. The van der Waals surface area contributed by atoms with Crippen LogP contribution >= 0.6 is 0 Å². The Morgan fingerprint density at radius 1 is 1.04 bits per heavy atom. The molecule has 2 heterocycles. The van der Waals surface area contributed by atoms with Crippen LogP contribution in [0.5, 0.6) is 0 Å². The zero-order valence-corrected chi connectivity index (χ0v) is 15.6. The van der Waals surface area contributed by atoms with Crippen molar-refractivity contribution in [3.8, 4) is 0 Å². The van der Waals surface area contributed by atoms with Crippen molar-refractivity contribution in [3.05, 3.63) is 29.3 Å². The van der Waals surface area contributed by atoms with Crippen molar-refractivity contribution in [2.45, 2.75) is 64.0 Å². The summed E-state index contributed by atoms with van der Waals surface area (Å²) in [5, 5.41) is 5.93. The summed E-state index contributed by atoms with van der Waals surface area (Å²) in [5.74, 6) is -0.0455. The third-order valence-electron chi connectivity index (χ3n) is 6.14. The van der Waals surface area contributed by atoms with Crippen molar-refractivity contribution >= 4 is 23.4 Å². The minimum Gasteiger partial charge on any atom is -0.384 e. The fourth-order valence-corrected chi connectivity index (χ4v) is 4.57. The maximum Gasteiger partial charge on any atom is 0.255 e. The number of benzene rings is 1. The zero-order chi connectivity index (χ0) is 18.8. The number of hydrogen-bond acceptors (Lipinski definition) is 4. The summed E-state index contributed by atoms with van der Waals surface area (Å²) in [6.45, 7) is 1.36. The lowest BCUT2D eigenvalue weighted by Gasteiger charge is -2.29. The van der Waals surface area contributed by atoms with Gasteiger partial charge in [0, 0.05) is 36.3 Å². The summed E-state index contributed by atoms with van der Waals surface area (Å²) in [6.07, 6.45) is 8.51. The summed E-state index contributed by atoms with van der Waals surface area (Å²) >= 11 is 0. The van der Waals surface area contributed by atoms with Crippen LogP contribution in [0.2, 0.25) is 0 Å². The van der Waals surface area contributed by atoms with Gasteiger partial charge in [-0.15, -0.1) is 0 Å². The van der Waals surface area contributed by atoms with Gasteiger partial charge in [0.2, 0.25) is 11.8 Å². The second kappa shape index (κ2) is 7.71. The number of anilines is 1. The average Bonchev–Trinajstić information content (AvgIpc) is 2.84. The predicted molar refractivity (Wildman–Crippen MR) is 102 cm³/mol. The fourth-order valence-electron chi connectivity index (χ4n) is 4.57. The second-order valence-electron chi connectivity index (χ2n) is 7.97. The average molecular weight is 369 g/mol. The maximum absolute atomic E-state index is 12.9. The first-order valence-electron chi connectivity index (χ1n) is 10.1. The monoisotopic (exact) mass is 369 g/mol. The SMILES string of the molecule is O=C1CCC(N2Cc3c(NCC4CCCCCC4)cccc3C2=O)C(=O)N1. The number of carbonyl (C=O) groups excluding carboxylic acids is 3. The molecule has 0 spiro atoms. The van der Waals surface area contributed by atoms with Crippen molar-refractivity contribution in [2.75, 3.05) is 11.9 Å². The number of piperidine rings is 1. The van der Waals surface area contributed by atoms with Gasteiger partial charge in [-0.1, -0.05) is 31.7 Å². The minimum atomic E-state index is -0.558. The van der Waals surface area contributed by atoms with E-state index in [0.29, 0.717) is 24.4 Å². The Kier molecular flexibility index (Phi) is 5.14. The van der Waals surface area contributed by atoms with Gasteiger partial charge in [0.05, 0.1) is 0 Å². The summed E-state index contributed by atoms with van der Waals surface area (Å²) in [6, 6.07) is 5.20. The van der Waals surface area contributed by atoms with E-state index in [4.69, 9.17) is 0 Å². The van der Waals surface area contributed by atoms with Gasteiger partial charge in [0.15, 0.2) is 0 Å². The van der Waals surface area contributed by atoms with Gasteiger partial charge in [-0.3, -0.25) is 19.7 Å². The number of nitrogens with zero attached hydrogens (tertiary/aromatic N) is 1. The lowest BCUT2D eigenvalue weighted by Crippen LogP contribution is -2.52. The quantitative estimate of drug-likeness (QED) is 0.632. The van der Waals surface area contributed by atoms with E-state index in [1.54, 1.807) is 4.90 Å². The molecule has 1 aromatic carbocycles. The van der Waals surface area contributed by atoms with Crippen LogP contribution in [0.4, 0.5) is 5.69 Å². The highest BCUT2D eigenvalue weighted by molar-refractivity contribution is 6.06. The summed E-state index contributed by atoms with van der Waals surface area (Å²) in [4.78, 5) is 38.1. The zero-order valence-electron chi connectivity index (χ0n) is 15.6. The van der Waals surface area contributed by atoms with Gasteiger partial charge in [0.1, 0.15) is 6.04 Å². The van der Waals surface area contributed by atoms with Crippen LogP contribution in [0, 0.1) is 5.92 Å². The van der Waals surface area contributed by atoms with Crippen LogP contribution in [-0.4, -0.2) is 35.2 Å². The molecule has 6 heteroatoms. The molecule has 0 bridgehead atoms. The van der Waals surface area contributed by atoms with Gasteiger partial charge in [-0.2, -0.15) is 0 Å². The molecule has 0 radical (unpaired) electrons. The van der Waals surface area contributed by atoms with Crippen LogP contribution in [-0.2, 0) is 16.1 Å². The first-order valence-corrected chi connectivity index (χ1v) is 10.1. The standard InChI is InChI=1S/C21H27N3O3/c25-19-11-10-18(20(26)23-19)24-13-16-15(21(24)27)8-5-9-17(16)22-12-14-6-3-1-2-4-7-14/h5,8-9,14,18,22H,1-4,6-7,10-13H2,(H,23,25,26). The molecule has 1 saturated heterocycles. The number of rotatable bonds is 4. The first kappa shape index (κ1) is 18.0. The topological polar surface area (TPSA) is 78.5 Å². The molecule has 1 aliphatic carbocycles. The molecular weight excluding hydrogens is 342 g/mol. The van der Waals surface area contributed by atoms with E-state index < -0.39 is 6.04 Å². The first-order chi connectivity index (χ1) is 13.1. The van der Waals surface area contributed by atoms with Crippen molar-refractivity contribution in [1.29, 1.82) is 0 Å². The van der Waals surface area contributed by atoms with Crippen LogP contribution in [0.1, 0.15) is 67.3 Å². The highest BCUT2D eigenvalue weighted by Gasteiger charge is 2.39. The molecule has 2 fully saturated rings. The maximum atomic E-state index is 12.9. The molecule has 1 saturated carbocycles. The summed E-state index contributed by atoms with van der Waals surface area (Å²) in [5.41, 5.74) is 2.64. The molecule has 4 rings (SSSR count). The molecule has 1 aromatic rings. The van der Waals surface area contributed by atoms with E-state index in [0.717, 1.165) is 17.8 Å². The number of hydrogen-bond donors (Lipinski definition) is 2. The van der Waals surface area contributed by atoms with E-state index in [1.165, 1.54) is 38.5 Å². The molecule has 6 nitrogen and oxygen atoms in total. The molecule has 2 aliphatic heterocycles. The third-order valence-corrected chi connectivity index (χ3v) is 6.14. The molecule has 144 valence electrons.